The van der Waals surface area contributed by atoms with Crippen molar-refractivity contribution in [2.75, 3.05) is 0 Å². The zero-order valence-corrected chi connectivity index (χ0v) is 17.0. The molecular formula is C24H17N5S. The summed E-state index contributed by atoms with van der Waals surface area (Å²) in [5, 5.41) is 10.0. The summed E-state index contributed by atoms with van der Waals surface area (Å²) in [5.74, 6) is 0. The Morgan fingerprint density at radius 2 is 1.87 bits per heavy atom. The lowest BCUT2D eigenvalue weighted by molar-refractivity contribution is 1.12. The van der Waals surface area contributed by atoms with Gasteiger partial charge in [-0.2, -0.15) is 5.10 Å². The summed E-state index contributed by atoms with van der Waals surface area (Å²) < 4.78 is 0. The number of aromatic nitrogens is 5. The summed E-state index contributed by atoms with van der Waals surface area (Å²) in [5.41, 5.74) is 7.10. The molecule has 2 N–H and O–H groups in total. The molecular weight excluding hydrogens is 390 g/mol. The smallest absolute Gasteiger partial charge is 0.116 e. The number of rotatable bonds is 3. The van der Waals surface area contributed by atoms with Crippen LogP contribution in [0.15, 0.2) is 73.2 Å². The molecule has 0 fully saturated rings. The van der Waals surface area contributed by atoms with Crippen LogP contribution in [0.1, 0.15) is 4.88 Å². The van der Waals surface area contributed by atoms with Crippen LogP contribution in [-0.4, -0.2) is 25.1 Å². The Kier molecular flexibility index (Phi) is 3.79. The number of thiophene rings is 1. The van der Waals surface area contributed by atoms with E-state index in [9.17, 15) is 0 Å². The van der Waals surface area contributed by atoms with Crippen LogP contribution >= 0.6 is 11.3 Å². The molecule has 0 amide bonds. The van der Waals surface area contributed by atoms with Crippen molar-refractivity contribution < 1.29 is 0 Å². The highest BCUT2D eigenvalue weighted by molar-refractivity contribution is 7.15. The van der Waals surface area contributed by atoms with E-state index in [0.29, 0.717) is 0 Å². The van der Waals surface area contributed by atoms with E-state index in [1.807, 2.05) is 23.5 Å². The molecule has 6 heteroatoms. The van der Waals surface area contributed by atoms with Gasteiger partial charge in [0.2, 0.25) is 0 Å². The van der Waals surface area contributed by atoms with Gasteiger partial charge in [0, 0.05) is 49.6 Å². The van der Waals surface area contributed by atoms with Crippen molar-refractivity contribution in [3.05, 3.63) is 78.1 Å². The van der Waals surface area contributed by atoms with Gasteiger partial charge in [0.05, 0.1) is 23.1 Å². The van der Waals surface area contributed by atoms with Gasteiger partial charge in [-0.3, -0.25) is 15.1 Å². The molecule has 6 rings (SSSR count). The van der Waals surface area contributed by atoms with Crippen LogP contribution in [0.25, 0.3) is 54.9 Å². The third-order valence-electron chi connectivity index (χ3n) is 5.35. The number of hydrogen-bond donors (Lipinski definition) is 2. The Hall–Kier alpha value is -3.77. The fraction of sp³-hybridized carbons (Fsp3) is 0.0417. The van der Waals surface area contributed by atoms with Gasteiger partial charge >= 0.3 is 0 Å². The van der Waals surface area contributed by atoms with Gasteiger partial charge in [0.25, 0.3) is 0 Å². The second kappa shape index (κ2) is 6.64. The monoisotopic (exact) mass is 407 g/mol. The minimum atomic E-state index is 0.846. The van der Waals surface area contributed by atoms with E-state index in [1.54, 1.807) is 18.6 Å². The lowest BCUT2D eigenvalue weighted by Crippen LogP contribution is -1.84. The van der Waals surface area contributed by atoms with Crippen molar-refractivity contribution in [1.82, 2.24) is 25.1 Å². The molecule has 0 atom stereocenters. The number of aromatic amines is 2. The van der Waals surface area contributed by atoms with E-state index in [-0.39, 0.29) is 0 Å². The first kappa shape index (κ1) is 17.1. The first-order valence-electron chi connectivity index (χ1n) is 9.70. The minimum absolute atomic E-state index is 0.846. The molecule has 5 nitrogen and oxygen atoms in total. The molecule has 6 aromatic rings. The van der Waals surface area contributed by atoms with Gasteiger partial charge in [-0.25, -0.2) is 0 Å². The second-order valence-corrected chi connectivity index (χ2v) is 8.57. The second-order valence-electron chi connectivity index (χ2n) is 7.28. The SMILES string of the molecule is Cc1ccc(-c2cccc3[nH]c(-c4n[nH]c5ccc(-c6cnccn6)cc45)cc23)s1. The maximum Gasteiger partial charge on any atom is 0.116 e. The molecule has 0 radical (unpaired) electrons. The fourth-order valence-electron chi connectivity index (χ4n) is 3.90. The van der Waals surface area contributed by atoms with Crippen LogP contribution in [0, 0.1) is 6.92 Å². The third-order valence-corrected chi connectivity index (χ3v) is 6.38. The Bertz CT molecular complexity index is 1510. The minimum Gasteiger partial charge on any atom is -0.353 e. The maximum atomic E-state index is 4.61. The van der Waals surface area contributed by atoms with Crippen LogP contribution in [0.4, 0.5) is 0 Å². The van der Waals surface area contributed by atoms with E-state index in [0.717, 1.165) is 39.1 Å². The predicted octanol–water partition coefficient (Wildman–Crippen LogP) is 6.21. The molecule has 144 valence electrons. The summed E-state index contributed by atoms with van der Waals surface area (Å²) in [6.07, 6.45) is 5.17. The molecule has 0 aliphatic heterocycles. The molecule has 30 heavy (non-hydrogen) atoms. The molecule has 0 spiro atoms. The molecule has 0 aliphatic carbocycles. The molecule has 0 saturated heterocycles. The predicted molar refractivity (Wildman–Crippen MR) is 122 cm³/mol. The van der Waals surface area contributed by atoms with Crippen molar-refractivity contribution in [3.63, 3.8) is 0 Å². The standard InChI is InChI=1S/C24H17N5S/c1-14-5-8-23(30-14)16-3-2-4-19-17(16)12-21(27-19)24-18-11-15(6-7-20(18)28-29-24)22-13-25-9-10-26-22/h2-13,27H,1H3,(H,28,29). The van der Waals surface area contributed by atoms with Crippen molar-refractivity contribution >= 4 is 33.1 Å². The molecule has 2 aromatic carbocycles. The van der Waals surface area contributed by atoms with E-state index >= 15 is 0 Å². The van der Waals surface area contributed by atoms with Crippen LogP contribution in [0.3, 0.4) is 0 Å². The Morgan fingerprint density at radius 3 is 2.70 bits per heavy atom. The highest BCUT2D eigenvalue weighted by Gasteiger charge is 2.15. The van der Waals surface area contributed by atoms with Gasteiger partial charge in [-0.1, -0.05) is 18.2 Å². The lowest BCUT2D eigenvalue weighted by Gasteiger charge is -2.00. The number of fused-ring (bicyclic) bond motifs is 2. The van der Waals surface area contributed by atoms with Gasteiger partial charge < -0.3 is 4.98 Å². The number of benzene rings is 2. The Morgan fingerprint density at radius 1 is 0.900 bits per heavy atom. The largest absolute Gasteiger partial charge is 0.353 e. The quantitative estimate of drug-likeness (QED) is 0.367. The van der Waals surface area contributed by atoms with Crippen molar-refractivity contribution in [3.8, 4) is 33.1 Å². The van der Waals surface area contributed by atoms with Crippen molar-refractivity contribution in [1.29, 1.82) is 0 Å². The number of nitrogens with zero attached hydrogens (tertiary/aromatic N) is 3. The fourth-order valence-corrected chi connectivity index (χ4v) is 4.81. The molecule has 4 heterocycles. The molecule has 0 bridgehead atoms. The topological polar surface area (TPSA) is 70.2 Å². The van der Waals surface area contributed by atoms with E-state index < -0.39 is 0 Å². The zero-order chi connectivity index (χ0) is 20.1. The maximum absolute atomic E-state index is 4.61. The van der Waals surface area contributed by atoms with Gasteiger partial charge in [-0.15, -0.1) is 11.3 Å². The van der Waals surface area contributed by atoms with E-state index in [4.69, 9.17) is 0 Å². The van der Waals surface area contributed by atoms with E-state index in [1.165, 1.54) is 20.7 Å². The molecule has 0 saturated carbocycles. The molecule has 0 aliphatic rings. The zero-order valence-electron chi connectivity index (χ0n) is 16.2. The van der Waals surface area contributed by atoms with Gasteiger partial charge in [0.1, 0.15) is 5.69 Å². The normalized spacial score (nSPS) is 11.5. The average Bonchev–Trinajstić information content (AvgIpc) is 3.51. The van der Waals surface area contributed by atoms with E-state index in [2.05, 4.69) is 74.5 Å². The van der Waals surface area contributed by atoms with Crippen molar-refractivity contribution in [2.24, 2.45) is 0 Å². The Balaban J connectivity index is 1.52. The third kappa shape index (κ3) is 2.73. The first-order valence-corrected chi connectivity index (χ1v) is 10.5. The number of aryl methyl sites for hydroxylation is 1. The summed E-state index contributed by atoms with van der Waals surface area (Å²) in [6, 6.07) is 19.2. The number of H-pyrrole nitrogens is 2. The number of nitrogens with one attached hydrogen (secondary N) is 2. The average molecular weight is 408 g/mol. The lowest BCUT2D eigenvalue weighted by atomic mass is 10.1. The first-order chi connectivity index (χ1) is 14.8. The summed E-state index contributed by atoms with van der Waals surface area (Å²) >= 11 is 1.82. The van der Waals surface area contributed by atoms with Crippen LogP contribution in [0.2, 0.25) is 0 Å². The highest BCUT2D eigenvalue weighted by Crippen LogP contribution is 2.37. The summed E-state index contributed by atoms with van der Waals surface area (Å²) in [6.45, 7) is 2.14. The van der Waals surface area contributed by atoms with Gasteiger partial charge in [0.15, 0.2) is 0 Å². The van der Waals surface area contributed by atoms with Crippen molar-refractivity contribution in [2.45, 2.75) is 6.92 Å². The number of hydrogen-bond acceptors (Lipinski definition) is 4. The molecule has 0 unspecified atom stereocenters. The Labute approximate surface area is 176 Å². The summed E-state index contributed by atoms with van der Waals surface area (Å²) in [4.78, 5) is 14.8. The van der Waals surface area contributed by atoms with Crippen LogP contribution in [-0.2, 0) is 0 Å². The van der Waals surface area contributed by atoms with Crippen LogP contribution in [0.5, 0.6) is 0 Å². The van der Waals surface area contributed by atoms with Crippen LogP contribution < -0.4 is 0 Å². The molecule has 4 aromatic heterocycles. The van der Waals surface area contributed by atoms with Gasteiger partial charge in [-0.05, 0) is 43.3 Å². The summed E-state index contributed by atoms with van der Waals surface area (Å²) in [7, 11) is 0. The highest BCUT2D eigenvalue weighted by atomic mass is 32.1.